The SMILES string of the molecule is Cc1ccc(C(=O)CCC(=O)OCC(=O)Nc2ccc(Br)c(C)c2)s1. The van der Waals surface area contributed by atoms with Crippen LogP contribution in [0.25, 0.3) is 0 Å². The summed E-state index contributed by atoms with van der Waals surface area (Å²) in [7, 11) is 0. The fourth-order valence-corrected chi connectivity index (χ4v) is 3.14. The number of carbonyl (C=O) groups is 3. The quantitative estimate of drug-likeness (QED) is 0.532. The Kier molecular flexibility index (Phi) is 6.90. The Morgan fingerprint density at radius 3 is 2.52 bits per heavy atom. The number of benzene rings is 1. The molecule has 25 heavy (non-hydrogen) atoms. The number of ketones is 1. The molecule has 1 amide bonds. The van der Waals surface area contributed by atoms with Gasteiger partial charge in [0.1, 0.15) is 0 Å². The predicted molar refractivity (Wildman–Crippen MR) is 101 cm³/mol. The maximum absolute atomic E-state index is 11.9. The molecule has 1 N–H and O–H groups in total. The van der Waals surface area contributed by atoms with Crippen molar-refractivity contribution < 1.29 is 19.1 Å². The summed E-state index contributed by atoms with van der Waals surface area (Å²) < 4.78 is 5.86. The molecule has 7 heteroatoms. The average molecular weight is 424 g/mol. The van der Waals surface area contributed by atoms with Crippen molar-refractivity contribution in [1.82, 2.24) is 0 Å². The monoisotopic (exact) mass is 423 g/mol. The van der Waals surface area contributed by atoms with Crippen LogP contribution < -0.4 is 5.32 Å². The van der Waals surface area contributed by atoms with Gasteiger partial charge < -0.3 is 10.1 Å². The second kappa shape index (κ2) is 8.92. The molecule has 0 fully saturated rings. The van der Waals surface area contributed by atoms with Gasteiger partial charge in [-0.3, -0.25) is 14.4 Å². The number of ether oxygens (including phenoxy) is 1. The summed E-state index contributed by atoms with van der Waals surface area (Å²) in [6, 6.07) is 9.00. The lowest BCUT2D eigenvalue weighted by Gasteiger charge is -2.08. The van der Waals surface area contributed by atoms with E-state index in [1.165, 1.54) is 11.3 Å². The van der Waals surface area contributed by atoms with Crippen LogP contribution in [0.2, 0.25) is 0 Å². The highest BCUT2D eigenvalue weighted by Gasteiger charge is 2.13. The van der Waals surface area contributed by atoms with Crippen molar-refractivity contribution in [2.45, 2.75) is 26.7 Å². The van der Waals surface area contributed by atoms with Crippen LogP contribution in [0, 0.1) is 13.8 Å². The highest BCUT2D eigenvalue weighted by Crippen LogP contribution is 2.20. The van der Waals surface area contributed by atoms with Gasteiger partial charge in [-0.1, -0.05) is 15.9 Å². The van der Waals surface area contributed by atoms with Gasteiger partial charge in [0.25, 0.3) is 5.91 Å². The number of hydrogen-bond acceptors (Lipinski definition) is 5. The van der Waals surface area contributed by atoms with Gasteiger partial charge in [0.05, 0.1) is 11.3 Å². The summed E-state index contributed by atoms with van der Waals surface area (Å²) >= 11 is 4.78. The van der Waals surface area contributed by atoms with Crippen LogP contribution in [-0.2, 0) is 14.3 Å². The van der Waals surface area contributed by atoms with Crippen molar-refractivity contribution in [3.8, 4) is 0 Å². The Balaban J connectivity index is 1.72. The van der Waals surface area contributed by atoms with Crippen LogP contribution in [0.1, 0.15) is 33.0 Å². The van der Waals surface area contributed by atoms with Gasteiger partial charge in [-0.15, -0.1) is 11.3 Å². The molecule has 1 aromatic heterocycles. The maximum atomic E-state index is 11.9. The van der Waals surface area contributed by atoms with Crippen molar-refractivity contribution in [1.29, 1.82) is 0 Å². The second-order valence-electron chi connectivity index (χ2n) is 5.51. The number of nitrogens with one attached hydrogen (secondary N) is 1. The fourth-order valence-electron chi connectivity index (χ4n) is 2.06. The molecule has 0 saturated carbocycles. The van der Waals surface area contributed by atoms with Crippen LogP contribution in [0.3, 0.4) is 0 Å². The van der Waals surface area contributed by atoms with Gasteiger partial charge in [-0.05, 0) is 49.7 Å². The predicted octanol–water partition coefficient (Wildman–Crippen LogP) is 4.27. The highest BCUT2D eigenvalue weighted by atomic mass is 79.9. The third-order valence-electron chi connectivity index (χ3n) is 3.38. The van der Waals surface area contributed by atoms with Crippen LogP contribution in [0.15, 0.2) is 34.8 Å². The lowest BCUT2D eigenvalue weighted by atomic mass is 10.2. The number of amides is 1. The molecule has 132 valence electrons. The Labute approximate surface area is 158 Å². The number of carbonyl (C=O) groups excluding carboxylic acids is 3. The third-order valence-corrected chi connectivity index (χ3v) is 5.31. The summed E-state index contributed by atoms with van der Waals surface area (Å²) in [5.41, 5.74) is 1.61. The van der Waals surface area contributed by atoms with Crippen LogP contribution >= 0.6 is 27.3 Å². The van der Waals surface area contributed by atoms with E-state index in [-0.39, 0.29) is 25.2 Å². The number of Topliss-reactive ketones (excluding diaryl/α,β-unsaturated/α-hetero) is 1. The van der Waals surface area contributed by atoms with Crippen LogP contribution in [0.5, 0.6) is 0 Å². The number of aryl methyl sites for hydroxylation is 2. The zero-order valence-electron chi connectivity index (χ0n) is 13.9. The van der Waals surface area contributed by atoms with E-state index in [1.807, 2.05) is 32.0 Å². The first kappa shape index (κ1) is 19.3. The molecule has 0 aliphatic carbocycles. The van der Waals surface area contributed by atoms with Gasteiger partial charge >= 0.3 is 5.97 Å². The number of hydrogen-bond donors (Lipinski definition) is 1. The molecule has 2 aromatic rings. The summed E-state index contributed by atoms with van der Waals surface area (Å²) in [6.45, 7) is 3.45. The molecule has 0 bridgehead atoms. The summed E-state index contributed by atoms with van der Waals surface area (Å²) in [5.74, 6) is -1.08. The standard InChI is InChI=1S/C18H18BrNO4S/c1-11-9-13(4-5-14(11)19)20-17(22)10-24-18(23)8-6-15(21)16-7-3-12(2)25-16/h3-5,7,9H,6,8,10H2,1-2H3,(H,20,22). The molecule has 2 rings (SSSR count). The molecule has 1 aromatic carbocycles. The minimum absolute atomic E-state index is 0.0412. The largest absolute Gasteiger partial charge is 0.456 e. The van der Waals surface area contributed by atoms with Crippen molar-refractivity contribution in [2.24, 2.45) is 0 Å². The minimum atomic E-state index is -0.566. The van der Waals surface area contributed by atoms with Gasteiger partial charge in [-0.2, -0.15) is 0 Å². The zero-order valence-corrected chi connectivity index (χ0v) is 16.3. The molecule has 0 aliphatic rings. The lowest BCUT2D eigenvalue weighted by molar-refractivity contribution is -0.147. The molecule has 0 saturated heterocycles. The van der Waals surface area contributed by atoms with E-state index in [0.717, 1.165) is 14.9 Å². The van der Waals surface area contributed by atoms with Crippen molar-refractivity contribution >= 4 is 50.6 Å². The third kappa shape index (κ3) is 6.10. The first-order valence-corrected chi connectivity index (χ1v) is 9.27. The van der Waals surface area contributed by atoms with E-state index >= 15 is 0 Å². The maximum Gasteiger partial charge on any atom is 0.306 e. The average Bonchev–Trinajstić information content (AvgIpc) is 3.00. The normalized spacial score (nSPS) is 10.4. The Bertz CT molecular complexity index is 800. The first-order valence-electron chi connectivity index (χ1n) is 7.66. The summed E-state index contributed by atoms with van der Waals surface area (Å²) in [5, 5.41) is 2.66. The van der Waals surface area contributed by atoms with Crippen molar-refractivity contribution in [2.75, 3.05) is 11.9 Å². The molecule has 1 heterocycles. The first-order chi connectivity index (χ1) is 11.8. The molecule has 0 radical (unpaired) electrons. The Hall–Kier alpha value is -1.99. The van der Waals surface area contributed by atoms with Gasteiger partial charge in [0.15, 0.2) is 12.4 Å². The van der Waals surface area contributed by atoms with Crippen molar-refractivity contribution in [3.05, 3.63) is 50.1 Å². The number of esters is 1. The highest BCUT2D eigenvalue weighted by molar-refractivity contribution is 9.10. The number of thiophene rings is 1. The molecular formula is C18H18BrNO4S. The van der Waals surface area contributed by atoms with Gasteiger partial charge in [-0.25, -0.2) is 0 Å². The smallest absolute Gasteiger partial charge is 0.306 e. The summed E-state index contributed by atoms with van der Waals surface area (Å²) in [6.07, 6.45) is 0.0345. The fraction of sp³-hybridized carbons (Fsp3) is 0.278. The molecule has 5 nitrogen and oxygen atoms in total. The molecule has 0 aliphatic heterocycles. The molecule has 0 unspecified atom stereocenters. The second-order valence-corrected chi connectivity index (χ2v) is 7.65. The Morgan fingerprint density at radius 2 is 1.88 bits per heavy atom. The van der Waals surface area contributed by atoms with E-state index in [4.69, 9.17) is 4.74 Å². The van der Waals surface area contributed by atoms with Crippen LogP contribution in [0.4, 0.5) is 5.69 Å². The van der Waals surface area contributed by atoms with E-state index < -0.39 is 11.9 Å². The van der Waals surface area contributed by atoms with Crippen LogP contribution in [-0.4, -0.2) is 24.3 Å². The number of anilines is 1. The lowest BCUT2D eigenvalue weighted by Crippen LogP contribution is -2.21. The van der Waals surface area contributed by atoms with Gasteiger partial charge in [0.2, 0.25) is 0 Å². The topological polar surface area (TPSA) is 72.5 Å². The van der Waals surface area contributed by atoms with E-state index in [1.54, 1.807) is 12.1 Å². The van der Waals surface area contributed by atoms with Crippen molar-refractivity contribution in [3.63, 3.8) is 0 Å². The number of rotatable bonds is 7. The summed E-state index contributed by atoms with van der Waals surface area (Å²) in [4.78, 5) is 37.1. The zero-order chi connectivity index (χ0) is 18.4. The van der Waals surface area contributed by atoms with Gasteiger partial charge in [0, 0.05) is 21.5 Å². The van der Waals surface area contributed by atoms with E-state index in [9.17, 15) is 14.4 Å². The minimum Gasteiger partial charge on any atom is -0.456 e. The molecule has 0 atom stereocenters. The van der Waals surface area contributed by atoms with E-state index in [2.05, 4.69) is 21.2 Å². The number of halogens is 1. The molecular weight excluding hydrogens is 406 g/mol. The molecule has 0 spiro atoms. The Morgan fingerprint density at radius 1 is 1.12 bits per heavy atom. The van der Waals surface area contributed by atoms with E-state index in [0.29, 0.717) is 10.6 Å².